The van der Waals surface area contributed by atoms with Gasteiger partial charge in [-0.15, -0.1) is 0 Å². The third kappa shape index (κ3) is 3.81. The Balaban J connectivity index is 2.80. The van der Waals surface area contributed by atoms with Crippen molar-refractivity contribution in [3.63, 3.8) is 0 Å². The maximum atomic E-state index is 12.9. The van der Waals surface area contributed by atoms with Gasteiger partial charge in [-0.2, -0.15) is 5.26 Å². The molecule has 0 saturated carbocycles. The van der Waals surface area contributed by atoms with E-state index in [0.717, 1.165) is 0 Å². The van der Waals surface area contributed by atoms with Gasteiger partial charge in [0.15, 0.2) is 0 Å². The molecule has 1 aromatic carbocycles. The highest BCUT2D eigenvalue weighted by Crippen LogP contribution is 2.07. The quantitative estimate of drug-likeness (QED) is 0.588. The van der Waals surface area contributed by atoms with Crippen LogP contribution in [0.5, 0.6) is 0 Å². The van der Waals surface area contributed by atoms with Gasteiger partial charge in [-0.1, -0.05) is 11.8 Å². The molecule has 0 aliphatic carbocycles. The number of hydrogen-bond acceptors (Lipinski definition) is 2. The van der Waals surface area contributed by atoms with Crippen molar-refractivity contribution in [3.05, 3.63) is 35.1 Å². The SMILES string of the molecule is N#Cc1cc(F)cc(C#CCCCO)c1. The highest BCUT2D eigenvalue weighted by atomic mass is 19.1. The second-order valence-corrected chi connectivity index (χ2v) is 2.97. The summed E-state index contributed by atoms with van der Waals surface area (Å²) in [4.78, 5) is 0. The van der Waals surface area contributed by atoms with E-state index < -0.39 is 5.82 Å². The summed E-state index contributed by atoms with van der Waals surface area (Å²) < 4.78 is 12.9. The topological polar surface area (TPSA) is 44.0 Å². The number of hydrogen-bond donors (Lipinski definition) is 1. The number of aliphatic hydroxyl groups is 1. The maximum Gasteiger partial charge on any atom is 0.125 e. The first-order valence-corrected chi connectivity index (χ1v) is 4.56. The first kappa shape index (κ1) is 11.2. The minimum atomic E-state index is -0.458. The molecule has 0 spiro atoms. The number of rotatable bonds is 2. The van der Waals surface area contributed by atoms with Gasteiger partial charge < -0.3 is 5.11 Å². The van der Waals surface area contributed by atoms with Crippen molar-refractivity contribution >= 4 is 0 Å². The predicted octanol–water partition coefficient (Wildman–Crippen LogP) is 1.82. The summed E-state index contributed by atoms with van der Waals surface area (Å²) >= 11 is 0. The summed E-state index contributed by atoms with van der Waals surface area (Å²) in [6.07, 6.45) is 1.17. The fraction of sp³-hybridized carbons (Fsp3) is 0.250. The Hall–Kier alpha value is -1.84. The Bertz CT molecular complexity index is 437. The molecule has 0 unspecified atom stereocenters. The van der Waals surface area contributed by atoms with E-state index in [-0.39, 0.29) is 12.2 Å². The molecule has 0 amide bonds. The molecular weight excluding hydrogens is 193 g/mol. The summed E-state index contributed by atoms with van der Waals surface area (Å²) in [7, 11) is 0. The van der Waals surface area contributed by atoms with Crippen LogP contribution in [0.1, 0.15) is 24.0 Å². The first-order chi connectivity index (χ1) is 7.26. The minimum Gasteiger partial charge on any atom is -0.396 e. The van der Waals surface area contributed by atoms with Crippen LogP contribution in [0.2, 0.25) is 0 Å². The summed E-state index contributed by atoms with van der Waals surface area (Å²) in [5.74, 6) is 5.08. The third-order valence-electron chi connectivity index (χ3n) is 1.72. The summed E-state index contributed by atoms with van der Waals surface area (Å²) in [5.41, 5.74) is 0.756. The zero-order valence-electron chi connectivity index (χ0n) is 8.13. The van der Waals surface area contributed by atoms with Crippen molar-refractivity contribution in [2.45, 2.75) is 12.8 Å². The molecule has 15 heavy (non-hydrogen) atoms. The molecule has 0 aliphatic heterocycles. The number of unbranched alkanes of at least 4 members (excludes halogenated alkanes) is 1. The van der Waals surface area contributed by atoms with Crippen molar-refractivity contribution in [2.24, 2.45) is 0 Å². The molecule has 0 fully saturated rings. The van der Waals surface area contributed by atoms with Crippen molar-refractivity contribution in [1.29, 1.82) is 5.26 Å². The van der Waals surface area contributed by atoms with E-state index in [2.05, 4.69) is 11.8 Å². The van der Waals surface area contributed by atoms with Crippen molar-refractivity contribution < 1.29 is 9.50 Å². The van der Waals surface area contributed by atoms with Crippen LogP contribution < -0.4 is 0 Å². The van der Waals surface area contributed by atoms with Crippen LogP contribution in [0, 0.1) is 29.0 Å². The van der Waals surface area contributed by atoms with Gasteiger partial charge in [-0.25, -0.2) is 4.39 Å². The van der Waals surface area contributed by atoms with Crippen LogP contribution in [-0.4, -0.2) is 11.7 Å². The van der Waals surface area contributed by atoms with Gasteiger partial charge in [0, 0.05) is 18.6 Å². The fourth-order valence-electron chi connectivity index (χ4n) is 1.06. The second kappa shape index (κ2) is 5.80. The summed E-state index contributed by atoms with van der Waals surface area (Å²) in [6, 6.07) is 5.85. The fourth-order valence-corrected chi connectivity index (χ4v) is 1.06. The second-order valence-electron chi connectivity index (χ2n) is 2.97. The largest absolute Gasteiger partial charge is 0.396 e. The van der Waals surface area contributed by atoms with Crippen LogP contribution in [0.3, 0.4) is 0 Å². The molecule has 0 aromatic heterocycles. The molecule has 0 bridgehead atoms. The molecule has 0 aliphatic rings. The van der Waals surface area contributed by atoms with E-state index in [1.165, 1.54) is 18.2 Å². The van der Waals surface area contributed by atoms with E-state index in [1.807, 2.05) is 6.07 Å². The van der Waals surface area contributed by atoms with Gasteiger partial charge in [0.05, 0.1) is 11.6 Å². The zero-order chi connectivity index (χ0) is 11.1. The number of nitrogens with zero attached hydrogens (tertiary/aromatic N) is 1. The zero-order valence-corrected chi connectivity index (χ0v) is 8.13. The number of nitriles is 1. The van der Waals surface area contributed by atoms with Gasteiger partial charge in [-0.05, 0) is 24.6 Å². The molecule has 1 rings (SSSR count). The Kier molecular flexibility index (Phi) is 4.34. The molecule has 1 N–H and O–H groups in total. The standard InChI is InChI=1S/C12H10FNO/c13-12-7-10(4-2-1-3-5-15)6-11(8-12)9-14/h6-8,15H,1,3,5H2. The van der Waals surface area contributed by atoms with E-state index in [1.54, 1.807) is 0 Å². The summed E-state index contributed by atoms with van der Waals surface area (Å²) in [5, 5.41) is 17.1. The van der Waals surface area contributed by atoms with Gasteiger partial charge in [0.25, 0.3) is 0 Å². The van der Waals surface area contributed by atoms with E-state index in [0.29, 0.717) is 18.4 Å². The average molecular weight is 203 g/mol. The molecule has 3 heteroatoms. The van der Waals surface area contributed by atoms with Crippen LogP contribution >= 0.6 is 0 Å². The number of halogens is 1. The highest BCUT2D eigenvalue weighted by molar-refractivity contribution is 5.41. The number of aliphatic hydroxyl groups excluding tert-OH is 1. The van der Waals surface area contributed by atoms with Crippen LogP contribution in [0.15, 0.2) is 18.2 Å². The van der Waals surface area contributed by atoms with E-state index >= 15 is 0 Å². The molecule has 0 atom stereocenters. The molecule has 0 saturated heterocycles. The third-order valence-corrected chi connectivity index (χ3v) is 1.72. The Morgan fingerprint density at radius 2 is 2.00 bits per heavy atom. The first-order valence-electron chi connectivity index (χ1n) is 4.56. The number of benzene rings is 1. The molecular formula is C12H10FNO. The van der Waals surface area contributed by atoms with Crippen molar-refractivity contribution in [3.8, 4) is 17.9 Å². The van der Waals surface area contributed by atoms with Crippen LogP contribution in [0.25, 0.3) is 0 Å². The predicted molar refractivity (Wildman–Crippen MR) is 54.3 cm³/mol. The lowest BCUT2D eigenvalue weighted by Gasteiger charge is -1.93. The Morgan fingerprint density at radius 1 is 1.27 bits per heavy atom. The lowest BCUT2D eigenvalue weighted by atomic mass is 10.1. The molecule has 0 radical (unpaired) electrons. The van der Waals surface area contributed by atoms with E-state index in [4.69, 9.17) is 10.4 Å². The van der Waals surface area contributed by atoms with Crippen molar-refractivity contribution in [2.75, 3.05) is 6.61 Å². The maximum absolute atomic E-state index is 12.9. The van der Waals surface area contributed by atoms with Crippen LogP contribution in [-0.2, 0) is 0 Å². The average Bonchev–Trinajstić information content (AvgIpc) is 2.23. The molecule has 1 aromatic rings. The highest BCUT2D eigenvalue weighted by Gasteiger charge is 1.97. The Morgan fingerprint density at radius 3 is 2.67 bits per heavy atom. The van der Waals surface area contributed by atoms with Gasteiger partial charge in [0.1, 0.15) is 5.82 Å². The monoisotopic (exact) mass is 203 g/mol. The van der Waals surface area contributed by atoms with Gasteiger partial charge >= 0.3 is 0 Å². The van der Waals surface area contributed by atoms with Gasteiger partial charge in [0.2, 0.25) is 0 Å². The molecule has 76 valence electrons. The smallest absolute Gasteiger partial charge is 0.125 e. The van der Waals surface area contributed by atoms with Crippen LogP contribution in [0.4, 0.5) is 4.39 Å². The molecule has 2 nitrogen and oxygen atoms in total. The summed E-state index contributed by atoms with van der Waals surface area (Å²) in [6.45, 7) is 0.0985. The van der Waals surface area contributed by atoms with E-state index in [9.17, 15) is 4.39 Å². The van der Waals surface area contributed by atoms with Crippen molar-refractivity contribution in [1.82, 2.24) is 0 Å². The minimum absolute atomic E-state index is 0.0985. The lowest BCUT2D eigenvalue weighted by molar-refractivity contribution is 0.290. The van der Waals surface area contributed by atoms with Gasteiger partial charge in [-0.3, -0.25) is 0 Å². The molecule has 0 heterocycles. The lowest BCUT2D eigenvalue weighted by Crippen LogP contribution is -1.83. The normalized spacial score (nSPS) is 8.87. The Labute approximate surface area is 88.0 Å².